The first kappa shape index (κ1) is 18.0. The number of oxazole rings is 1. The lowest BCUT2D eigenvalue weighted by molar-refractivity contribution is 0.608. The van der Waals surface area contributed by atoms with Gasteiger partial charge in [0.1, 0.15) is 16.7 Å². The van der Waals surface area contributed by atoms with Crippen molar-refractivity contribution in [2.45, 2.75) is 0 Å². The summed E-state index contributed by atoms with van der Waals surface area (Å²) in [7, 11) is 0. The zero-order valence-corrected chi connectivity index (χ0v) is 17.6. The van der Waals surface area contributed by atoms with Crippen molar-refractivity contribution < 1.29 is 8.83 Å². The van der Waals surface area contributed by atoms with Gasteiger partial charge in [-0.25, -0.2) is 0 Å². The van der Waals surface area contributed by atoms with E-state index in [0.717, 1.165) is 55.2 Å². The van der Waals surface area contributed by atoms with Crippen LogP contribution in [0.2, 0.25) is 0 Å². The SMILES string of the molecule is c1ccc(N(c2ccc3oc4ccccc4c3c2)c2nc3c(ccc4ccccc43)o2)cc1. The Bertz CT molecular complexity index is 1770. The smallest absolute Gasteiger partial charge is 0.307 e. The maximum Gasteiger partial charge on any atom is 0.307 e. The summed E-state index contributed by atoms with van der Waals surface area (Å²) in [6.45, 7) is 0. The molecule has 4 nitrogen and oxygen atoms in total. The van der Waals surface area contributed by atoms with Crippen LogP contribution in [-0.2, 0) is 0 Å². The predicted octanol–water partition coefficient (Wildman–Crippen LogP) is 8.35. The Balaban J connectivity index is 1.48. The molecule has 0 saturated carbocycles. The number of anilines is 3. The molecular weight excluding hydrogens is 408 g/mol. The summed E-state index contributed by atoms with van der Waals surface area (Å²) < 4.78 is 12.4. The highest BCUT2D eigenvalue weighted by molar-refractivity contribution is 6.07. The second-order valence-corrected chi connectivity index (χ2v) is 8.08. The Morgan fingerprint density at radius 2 is 1.24 bits per heavy atom. The predicted molar refractivity (Wildman–Crippen MR) is 133 cm³/mol. The first-order chi connectivity index (χ1) is 16.3. The van der Waals surface area contributed by atoms with Gasteiger partial charge in [0.15, 0.2) is 5.58 Å². The van der Waals surface area contributed by atoms with Crippen molar-refractivity contribution in [1.82, 2.24) is 4.98 Å². The van der Waals surface area contributed by atoms with E-state index in [0.29, 0.717) is 6.01 Å². The molecule has 7 rings (SSSR count). The molecule has 0 amide bonds. The van der Waals surface area contributed by atoms with E-state index in [-0.39, 0.29) is 0 Å². The van der Waals surface area contributed by atoms with Gasteiger partial charge in [0, 0.05) is 16.2 Å². The molecule has 0 aliphatic carbocycles. The van der Waals surface area contributed by atoms with Gasteiger partial charge in [0.25, 0.3) is 0 Å². The number of rotatable bonds is 3. The monoisotopic (exact) mass is 426 g/mol. The molecule has 7 aromatic rings. The van der Waals surface area contributed by atoms with Crippen LogP contribution < -0.4 is 4.90 Å². The molecule has 0 radical (unpaired) electrons. The molecule has 0 aliphatic rings. The molecule has 0 fully saturated rings. The van der Waals surface area contributed by atoms with Gasteiger partial charge in [-0.05, 0) is 47.9 Å². The zero-order valence-electron chi connectivity index (χ0n) is 17.6. The molecule has 2 aromatic heterocycles. The third-order valence-corrected chi connectivity index (χ3v) is 6.10. The zero-order chi connectivity index (χ0) is 21.8. The third kappa shape index (κ3) is 2.81. The largest absolute Gasteiger partial charge is 0.456 e. The minimum absolute atomic E-state index is 0.528. The number of furan rings is 1. The second-order valence-electron chi connectivity index (χ2n) is 8.08. The van der Waals surface area contributed by atoms with Gasteiger partial charge in [-0.1, -0.05) is 66.7 Å². The molecule has 0 bridgehead atoms. The van der Waals surface area contributed by atoms with E-state index in [4.69, 9.17) is 13.8 Å². The van der Waals surface area contributed by atoms with E-state index in [1.165, 1.54) is 0 Å². The molecule has 0 unspecified atom stereocenters. The summed E-state index contributed by atoms with van der Waals surface area (Å²) in [5, 5.41) is 4.37. The van der Waals surface area contributed by atoms with Crippen LogP contribution in [-0.4, -0.2) is 4.98 Å². The van der Waals surface area contributed by atoms with Crippen LogP contribution in [0.3, 0.4) is 0 Å². The Kier molecular flexibility index (Phi) is 3.81. The van der Waals surface area contributed by atoms with Crippen molar-refractivity contribution in [3.05, 3.63) is 109 Å². The minimum Gasteiger partial charge on any atom is -0.456 e. The van der Waals surface area contributed by atoms with E-state index < -0.39 is 0 Å². The quantitative estimate of drug-likeness (QED) is 0.285. The molecular formula is C29H18N2O2. The number of hydrogen-bond acceptors (Lipinski definition) is 4. The van der Waals surface area contributed by atoms with Crippen LogP contribution in [0.4, 0.5) is 17.4 Å². The number of aromatic nitrogens is 1. The molecule has 0 saturated heterocycles. The Labute approximate surface area is 189 Å². The average molecular weight is 426 g/mol. The first-order valence-electron chi connectivity index (χ1n) is 10.9. The van der Waals surface area contributed by atoms with Crippen LogP contribution in [0.25, 0.3) is 43.8 Å². The number of fused-ring (bicyclic) bond motifs is 6. The standard InChI is InChI=1S/C29H18N2O2/c1-2-9-20(10-3-1)31(21-15-17-26-24(18-21)23-12-6-7-13-25(23)32-26)29-30-28-22-11-5-4-8-19(22)14-16-27(28)33-29/h1-18H. The lowest BCUT2D eigenvalue weighted by Gasteiger charge is -2.21. The van der Waals surface area contributed by atoms with Crippen molar-refractivity contribution in [2.24, 2.45) is 0 Å². The molecule has 33 heavy (non-hydrogen) atoms. The lowest BCUT2D eigenvalue weighted by Crippen LogP contribution is -2.10. The lowest BCUT2D eigenvalue weighted by atomic mass is 10.1. The van der Waals surface area contributed by atoms with Crippen molar-refractivity contribution in [2.75, 3.05) is 4.90 Å². The summed E-state index contributed by atoms with van der Waals surface area (Å²) in [6, 6.07) is 37.3. The molecule has 156 valence electrons. The highest BCUT2D eigenvalue weighted by Crippen LogP contribution is 2.39. The van der Waals surface area contributed by atoms with Gasteiger partial charge >= 0.3 is 6.01 Å². The van der Waals surface area contributed by atoms with E-state index in [1.54, 1.807) is 0 Å². The number of para-hydroxylation sites is 2. The van der Waals surface area contributed by atoms with Crippen molar-refractivity contribution in [3.8, 4) is 0 Å². The van der Waals surface area contributed by atoms with E-state index in [9.17, 15) is 0 Å². The summed E-state index contributed by atoms with van der Waals surface area (Å²) in [5.74, 6) is 0. The van der Waals surface area contributed by atoms with Crippen molar-refractivity contribution >= 4 is 61.2 Å². The van der Waals surface area contributed by atoms with Crippen LogP contribution in [0.15, 0.2) is 118 Å². The summed E-state index contributed by atoms with van der Waals surface area (Å²) in [4.78, 5) is 7.01. The maximum absolute atomic E-state index is 6.32. The topological polar surface area (TPSA) is 42.4 Å². The van der Waals surface area contributed by atoms with Crippen LogP contribution in [0.5, 0.6) is 0 Å². The van der Waals surface area contributed by atoms with E-state index >= 15 is 0 Å². The van der Waals surface area contributed by atoms with Crippen LogP contribution >= 0.6 is 0 Å². The van der Waals surface area contributed by atoms with E-state index in [2.05, 4.69) is 47.4 Å². The van der Waals surface area contributed by atoms with Crippen molar-refractivity contribution in [3.63, 3.8) is 0 Å². The summed E-state index contributed by atoms with van der Waals surface area (Å²) in [6.07, 6.45) is 0. The second kappa shape index (κ2) is 6.97. The highest BCUT2D eigenvalue weighted by Gasteiger charge is 2.20. The summed E-state index contributed by atoms with van der Waals surface area (Å²) in [5.41, 5.74) is 5.29. The Hall–Kier alpha value is -4.57. The number of nitrogens with zero attached hydrogens (tertiary/aromatic N) is 2. The first-order valence-corrected chi connectivity index (χ1v) is 10.9. The third-order valence-electron chi connectivity index (χ3n) is 6.10. The molecule has 5 aromatic carbocycles. The molecule has 2 heterocycles. The van der Waals surface area contributed by atoms with Gasteiger partial charge in [-0.15, -0.1) is 0 Å². The summed E-state index contributed by atoms with van der Waals surface area (Å²) >= 11 is 0. The fraction of sp³-hybridized carbons (Fsp3) is 0. The van der Waals surface area contributed by atoms with Gasteiger partial charge < -0.3 is 8.83 Å². The number of hydrogen-bond donors (Lipinski definition) is 0. The highest BCUT2D eigenvalue weighted by atomic mass is 16.4. The molecule has 0 spiro atoms. The van der Waals surface area contributed by atoms with Gasteiger partial charge in [0.05, 0.1) is 11.4 Å². The average Bonchev–Trinajstić information content (AvgIpc) is 3.46. The molecule has 4 heteroatoms. The fourth-order valence-electron chi connectivity index (χ4n) is 4.55. The maximum atomic E-state index is 6.32. The molecule has 0 aliphatic heterocycles. The van der Waals surface area contributed by atoms with Gasteiger partial charge in [-0.3, -0.25) is 4.90 Å². The van der Waals surface area contributed by atoms with E-state index in [1.807, 2.05) is 66.7 Å². The number of benzene rings is 5. The molecule has 0 atom stereocenters. The normalized spacial score (nSPS) is 11.6. The fourth-order valence-corrected chi connectivity index (χ4v) is 4.55. The van der Waals surface area contributed by atoms with Crippen molar-refractivity contribution in [1.29, 1.82) is 0 Å². The van der Waals surface area contributed by atoms with Crippen LogP contribution in [0, 0.1) is 0 Å². The van der Waals surface area contributed by atoms with Gasteiger partial charge in [-0.2, -0.15) is 4.98 Å². The Morgan fingerprint density at radius 1 is 0.515 bits per heavy atom. The Morgan fingerprint density at radius 3 is 2.15 bits per heavy atom. The van der Waals surface area contributed by atoms with Gasteiger partial charge in [0.2, 0.25) is 0 Å². The molecule has 0 N–H and O–H groups in total. The van der Waals surface area contributed by atoms with Crippen LogP contribution in [0.1, 0.15) is 0 Å². The minimum atomic E-state index is 0.528.